The molecule has 0 spiro atoms. The zero-order valence-corrected chi connectivity index (χ0v) is 13.8. The summed E-state index contributed by atoms with van der Waals surface area (Å²) in [7, 11) is 0. The second-order valence-electron chi connectivity index (χ2n) is 5.06. The van der Waals surface area contributed by atoms with Gasteiger partial charge in [-0.2, -0.15) is 5.26 Å². The van der Waals surface area contributed by atoms with Crippen LogP contribution in [0.15, 0.2) is 53.0 Å². The maximum absolute atomic E-state index is 14.3. The maximum atomic E-state index is 14.3. The van der Waals surface area contributed by atoms with Gasteiger partial charge in [0.2, 0.25) is 0 Å². The Morgan fingerprint density at radius 2 is 1.71 bits per heavy atom. The van der Waals surface area contributed by atoms with Gasteiger partial charge in [-0.1, -0.05) is 22.0 Å². The van der Waals surface area contributed by atoms with E-state index in [9.17, 15) is 14.0 Å². The molecule has 0 atom stereocenters. The van der Waals surface area contributed by atoms with Crippen molar-refractivity contribution < 1.29 is 8.78 Å². The van der Waals surface area contributed by atoms with Crippen LogP contribution in [0.3, 0.4) is 0 Å². The van der Waals surface area contributed by atoms with E-state index < -0.39 is 5.82 Å². The molecule has 0 amide bonds. The standard InChI is InChI=1S/C18H10BrF2N3/c19-11-3-6-13(16(21)7-11)14-8-17(24-18(23)15(14)9-22)10-1-4-12(20)5-2-10/h1-8H,(H2,23,24). The van der Waals surface area contributed by atoms with Crippen molar-refractivity contribution in [2.24, 2.45) is 0 Å². The molecule has 0 saturated carbocycles. The SMILES string of the molecule is N#Cc1c(-c2ccc(Br)cc2F)cc(-c2ccc(F)cc2)nc1N. The van der Waals surface area contributed by atoms with Gasteiger partial charge in [-0.3, -0.25) is 0 Å². The Kier molecular flexibility index (Phi) is 4.28. The van der Waals surface area contributed by atoms with Crippen LogP contribution in [0, 0.1) is 23.0 Å². The lowest BCUT2D eigenvalue weighted by molar-refractivity contribution is 0.628. The molecular formula is C18H10BrF2N3. The third-order valence-corrected chi connectivity index (χ3v) is 4.01. The largest absolute Gasteiger partial charge is 0.383 e. The number of rotatable bonds is 2. The molecule has 0 fully saturated rings. The van der Waals surface area contributed by atoms with Crippen molar-refractivity contribution in [1.29, 1.82) is 5.26 Å². The van der Waals surface area contributed by atoms with Crippen LogP contribution >= 0.6 is 15.9 Å². The van der Waals surface area contributed by atoms with Crippen LogP contribution in [0.2, 0.25) is 0 Å². The zero-order valence-electron chi connectivity index (χ0n) is 12.2. The number of nitrogens with zero attached hydrogens (tertiary/aromatic N) is 2. The number of benzene rings is 2. The van der Waals surface area contributed by atoms with Crippen LogP contribution in [-0.2, 0) is 0 Å². The smallest absolute Gasteiger partial charge is 0.142 e. The van der Waals surface area contributed by atoms with Crippen molar-refractivity contribution in [2.45, 2.75) is 0 Å². The molecule has 2 aromatic carbocycles. The summed E-state index contributed by atoms with van der Waals surface area (Å²) in [5.41, 5.74) is 7.61. The highest BCUT2D eigenvalue weighted by atomic mass is 79.9. The molecule has 0 bridgehead atoms. The van der Waals surface area contributed by atoms with Gasteiger partial charge in [-0.25, -0.2) is 13.8 Å². The highest BCUT2D eigenvalue weighted by molar-refractivity contribution is 9.10. The van der Waals surface area contributed by atoms with E-state index in [-0.39, 0.29) is 22.8 Å². The van der Waals surface area contributed by atoms with E-state index in [1.165, 1.54) is 18.2 Å². The summed E-state index contributed by atoms with van der Waals surface area (Å²) in [5.74, 6) is -0.868. The predicted octanol–water partition coefficient (Wildman–Crippen LogP) is 4.91. The van der Waals surface area contributed by atoms with Crippen LogP contribution in [0.4, 0.5) is 14.6 Å². The molecule has 1 heterocycles. The van der Waals surface area contributed by atoms with E-state index in [0.29, 0.717) is 21.3 Å². The first-order valence-corrected chi connectivity index (χ1v) is 7.71. The molecule has 0 radical (unpaired) electrons. The zero-order chi connectivity index (χ0) is 17.3. The van der Waals surface area contributed by atoms with Crippen LogP contribution in [0.1, 0.15) is 5.56 Å². The maximum Gasteiger partial charge on any atom is 0.142 e. The molecule has 1 aromatic heterocycles. The van der Waals surface area contributed by atoms with Gasteiger partial charge in [-0.05, 0) is 42.5 Å². The highest BCUT2D eigenvalue weighted by Gasteiger charge is 2.16. The highest BCUT2D eigenvalue weighted by Crippen LogP contribution is 2.33. The molecule has 0 aliphatic rings. The quantitative estimate of drug-likeness (QED) is 0.681. The van der Waals surface area contributed by atoms with E-state index in [4.69, 9.17) is 5.73 Å². The monoisotopic (exact) mass is 385 g/mol. The number of anilines is 1. The van der Waals surface area contributed by atoms with Gasteiger partial charge in [0.25, 0.3) is 0 Å². The Morgan fingerprint density at radius 1 is 1.00 bits per heavy atom. The fourth-order valence-electron chi connectivity index (χ4n) is 2.37. The molecule has 0 saturated heterocycles. The van der Waals surface area contributed by atoms with Crippen molar-refractivity contribution in [3.8, 4) is 28.5 Å². The Balaban J connectivity index is 2.24. The number of nitriles is 1. The first-order chi connectivity index (χ1) is 11.5. The molecule has 3 rings (SSSR count). The Labute approximate surface area is 145 Å². The second-order valence-corrected chi connectivity index (χ2v) is 5.97. The van der Waals surface area contributed by atoms with Gasteiger partial charge in [-0.15, -0.1) is 0 Å². The van der Waals surface area contributed by atoms with Gasteiger partial charge in [0.15, 0.2) is 0 Å². The van der Waals surface area contributed by atoms with Crippen molar-refractivity contribution in [1.82, 2.24) is 4.98 Å². The lowest BCUT2D eigenvalue weighted by Gasteiger charge is -2.11. The van der Waals surface area contributed by atoms with Crippen molar-refractivity contribution in [3.05, 3.63) is 70.2 Å². The predicted molar refractivity (Wildman–Crippen MR) is 91.9 cm³/mol. The van der Waals surface area contributed by atoms with Crippen LogP contribution in [0.25, 0.3) is 22.4 Å². The van der Waals surface area contributed by atoms with Crippen molar-refractivity contribution >= 4 is 21.7 Å². The molecular weight excluding hydrogens is 376 g/mol. The summed E-state index contributed by atoms with van der Waals surface area (Å²) >= 11 is 3.20. The molecule has 0 unspecified atom stereocenters. The summed E-state index contributed by atoms with van der Waals surface area (Å²) in [4.78, 5) is 4.18. The van der Waals surface area contributed by atoms with Gasteiger partial charge < -0.3 is 5.73 Å². The third kappa shape index (κ3) is 2.99. The molecule has 2 N–H and O–H groups in total. The summed E-state index contributed by atoms with van der Waals surface area (Å²) in [6.45, 7) is 0. The van der Waals surface area contributed by atoms with E-state index in [0.717, 1.165) is 0 Å². The van der Waals surface area contributed by atoms with E-state index in [2.05, 4.69) is 20.9 Å². The Morgan fingerprint density at radius 3 is 2.33 bits per heavy atom. The van der Waals surface area contributed by atoms with Crippen LogP contribution in [0.5, 0.6) is 0 Å². The summed E-state index contributed by atoms with van der Waals surface area (Å²) in [5, 5.41) is 9.35. The van der Waals surface area contributed by atoms with Gasteiger partial charge >= 0.3 is 0 Å². The van der Waals surface area contributed by atoms with Gasteiger partial charge in [0, 0.05) is 21.2 Å². The minimum absolute atomic E-state index is 0.00311. The number of aromatic nitrogens is 1. The number of pyridine rings is 1. The van der Waals surface area contributed by atoms with E-state index in [1.54, 1.807) is 30.3 Å². The number of halogens is 3. The fourth-order valence-corrected chi connectivity index (χ4v) is 2.70. The molecule has 24 heavy (non-hydrogen) atoms. The number of nitrogens with two attached hydrogens (primary N) is 1. The van der Waals surface area contributed by atoms with Crippen molar-refractivity contribution in [2.75, 3.05) is 5.73 Å². The van der Waals surface area contributed by atoms with Crippen LogP contribution in [-0.4, -0.2) is 4.98 Å². The minimum Gasteiger partial charge on any atom is -0.383 e. The second kappa shape index (κ2) is 6.38. The Hall–Kier alpha value is -2.78. The molecule has 3 nitrogen and oxygen atoms in total. The van der Waals surface area contributed by atoms with E-state index >= 15 is 0 Å². The lowest BCUT2D eigenvalue weighted by atomic mass is 9.98. The minimum atomic E-state index is -0.489. The summed E-state index contributed by atoms with van der Waals surface area (Å²) in [6, 6.07) is 13.8. The molecule has 0 aliphatic carbocycles. The topological polar surface area (TPSA) is 62.7 Å². The summed E-state index contributed by atoms with van der Waals surface area (Å²) in [6.07, 6.45) is 0. The fraction of sp³-hybridized carbons (Fsp3) is 0. The molecule has 3 aromatic rings. The average Bonchev–Trinajstić information content (AvgIpc) is 2.55. The third-order valence-electron chi connectivity index (χ3n) is 3.52. The first kappa shape index (κ1) is 16.1. The average molecular weight is 386 g/mol. The van der Waals surface area contributed by atoms with E-state index in [1.807, 2.05) is 6.07 Å². The molecule has 0 aliphatic heterocycles. The van der Waals surface area contributed by atoms with Crippen molar-refractivity contribution in [3.63, 3.8) is 0 Å². The Bertz CT molecular complexity index is 963. The molecule has 118 valence electrons. The molecule has 6 heteroatoms. The van der Waals surface area contributed by atoms with Gasteiger partial charge in [0.1, 0.15) is 29.1 Å². The normalized spacial score (nSPS) is 10.4. The summed E-state index contributed by atoms with van der Waals surface area (Å²) < 4.78 is 28.0. The number of nitrogen functional groups attached to an aromatic ring is 1. The number of hydrogen-bond acceptors (Lipinski definition) is 3. The number of hydrogen-bond donors (Lipinski definition) is 1. The first-order valence-electron chi connectivity index (χ1n) is 6.91. The van der Waals surface area contributed by atoms with Gasteiger partial charge in [0.05, 0.1) is 5.69 Å². The lowest BCUT2D eigenvalue weighted by Crippen LogP contribution is -2.00. The van der Waals surface area contributed by atoms with Crippen LogP contribution < -0.4 is 5.73 Å².